The van der Waals surface area contributed by atoms with Crippen molar-refractivity contribution in [3.8, 4) is 22.5 Å². The van der Waals surface area contributed by atoms with Gasteiger partial charge < -0.3 is 0 Å². The first-order chi connectivity index (χ1) is 21.8. The first-order valence-corrected chi connectivity index (χ1v) is 16.4. The van der Waals surface area contributed by atoms with Gasteiger partial charge in [-0.05, 0) is 36.4 Å². The number of rotatable bonds is 2. The maximum absolute atomic E-state index is 5.37. The molecule has 0 saturated heterocycles. The summed E-state index contributed by atoms with van der Waals surface area (Å²) in [5.41, 5.74) is 6.40. The van der Waals surface area contributed by atoms with Gasteiger partial charge in [-0.15, -0.1) is 22.7 Å². The first-order valence-electron chi connectivity index (χ1n) is 14.8. The number of pyridine rings is 2. The predicted octanol–water partition coefficient (Wildman–Crippen LogP) is 12.0. The van der Waals surface area contributed by atoms with Crippen molar-refractivity contribution >= 4 is 95.6 Å². The third-order valence-corrected chi connectivity index (χ3v) is 11.3. The van der Waals surface area contributed by atoms with Crippen LogP contribution in [0.5, 0.6) is 0 Å². The largest absolute Gasteiger partial charge is 0.247 e. The summed E-state index contributed by atoms with van der Waals surface area (Å²) in [5, 5.41) is 9.71. The van der Waals surface area contributed by atoms with Crippen LogP contribution in [0.15, 0.2) is 133 Å². The van der Waals surface area contributed by atoms with Gasteiger partial charge in [0.15, 0.2) is 0 Å². The van der Waals surface area contributed by atoms with E-state index in [1.54, 1.807) is 0 Å². The van der Waals surface area contributed by atoms with Gasteiger partial charge in [0.2, 0.25) is 0 Å². The van der Waals surface area contributed by atoms with Crippen LogP contribution in [0.1, 0.15) is 0 Å². The molecular formula is C40H22N2S2. The van der Waals surface area contributed by atoms with Crippen molar-refractivity contribution in [1.82, 2.24) is 9.97 Å². The lowest BCUT2D eigenvalue weighted by Crippen LogP contribution is -1.92. The standard InChI is InChI=1S/C40H22N2S2/c1-2-12-26-25(11-1)37-27(19-21-33(41-37)31-15-7-13-29-23-9-3-5-17-35(23)43-39(29)31)28-20-22-34(42-38(26)28)32-16-8-14-30-24-10-4-6-18-36(24)44-40(30)32/h1-22H. The van der Waals surface area contributed by atoms with Crippen LogP contribution in [-0.4, -0.2) is 9.97 Å². The monoisotopic (exact) mass is 594 g/mol. The molecule has 0 unspecified atom stereocenters. The predicted molar refractivity (Wildman–Crippen MR) is 191 cm³/mol. The molecule has 0 atom stereocenters. The van der Waals surface area contributed by atoms with E-state index in [0.29, 0.717) is 0 Å². The molecule has 0 saturated carbocycles. The Balaban J connectivity index is 1.22. The molecule has 0 aliphatic carbocycles. The number of benzene rings is 6. The van der Waals surface area contributed by atoms with Crippen LogP contribution >= 0.6 is 22.7 Å². The fourth-order valence-electron chi connectivity index (χ4n) is 6.86. The number of nitrogens with zero attached hydrogens (tertiary/aromatic N) is 2. The normalized spacial score (nSPS) is 12.1. The highest BCUT2D eigenvalue weighted by atomic mass is 32.1. The molecule has 0 bridgehead atoms. The van der Waals surface area contributed by atoms with Gasteiger partial charge in [0.05, 0.1) is 22.4 Å². The molecule has 4 heteroatoms. The maximum atomic E-state index is 5.37. The van der Waals surface area contributed by atoms with E-state index in [9.17, 15) is 0 Å². The quantitative estimate of drug-likeness (QED) is 0.186. The van der Waals surface area contributed by atoms with Crippen molar-refractivity contribution in [2.24, 2.45) is 0 Å². The number of hydrogen-bond acceptors (Lipinski definition) is 4. The molecule has 0 aliphatic rings. The van der Waals surface area contributed by atoms with E-state index < -0.39 is 0 Å². The third-order valence-electron chi connectivity index (χ3n) is 8.88. The van der Waals surface area contributed by atoms with Crippen LogP contribution in [0.25, 0.3) is 95.4 Å². The van der Waals surface area contributed by atoms with Crippen molar-refractivity contribution in [2.45, 2.75) is 0 Å². The van der Waals surface area contributed by atoms with E-state index in [1.165, 1.54) is 51.5 Å². The topological polar surface area (TPSA) is 25.8 Å². The Morgan fingerprint density at radius 3 is 1.18 bits per heavy atom. The summed E-state index contributed by atoms with van der Waals surface area (Å²) in [6, 6.07) is 47.9. The lowest BCUT2D eigenvalue weighted by atomic mass is 9.98. The summed E-state index contributed by atoms with van der Waals surface area (Å²) in [7, 11) is 0. The highest BCUT2D eigenvalue weighted by molar-refractivity contribution is 7.26. The van der Waals surface area contributed by atoms with E-state index in [4.69, 9.17) is 9.97 Å². The van der Waals surface area contributed by atoms with Crippen molar-refractivity contribution in [1.29, 1.82) is 0 Å². The van der Waals surface area contributed by atoms with Crippen LogP contribution in [0, 0.1) is 0 Å². The molecule has 0 N–H and O–H groups in total. The smallest absolute Gasteiger partial charge is 0.0795 e. The van der Waals surface area contributed by atoms with E-state index in [2.05, 4.69) is 133 Å². The van der Waals surface area contributed by atoms with Gasteiger partial charge >= 0.3 is 0 Å². The van der Waals surface area contributed by atoms with Gasteiger partial charge in [-0.1, -0.05) is 97.1 Å². The van der Waals surface area contributed by atoms with E-state index in [1.807, 2.05) is 22.7 Å². The fraction of sp³-hybridized carbons (Fsp3) is 0. The van der Waals surface area contributed by atoms with Crippen molar-refractivity contribution in [3.05, 3.63) is 133 Å². The summed E-state index contributed by atoms with van der Waals surface area (Å²) in [6.07, 6.45) is 0. The Morgan fingerprint density at radius 2 is 0.705 bits per heavy atom. The average molecular weight is 595 g/mol. The minimum atomic E-state index is 1.00. The van der Waals surface area contributed by atoms with Crippen LogP contribution in [-0.2, 0) is 0 Å². The van der Waals surface area contributed by atoms with E-state index in [-0.39, 0.29) is 0 Å². The number of hydrogen-bond donors (Lipinski definition) is 0. The second-order valence-corrected chi connectivity index (χ2v) is 13.4. The molecule has 4 heterocycles. The lowest BCUT2D eigenvalue weighted by molar-refractivity contribution is 1.41. The third kappa shape index (κ3) is 3.41. The molecule has 10 rings (SSSR count). The lowest BCUT2D eigenvalue weighted by Gasteiger charge is -2.12. The Morgan fingerprint density at radius 1 is 0.318 bits per heavy atom. The second-order valence-electron chi connectivity index (χ2n) is 11.3. The molecule has 204 valence electrons. The van der Waals surface area contributed by atoms with E-state index >= 15 is 0 Å². The minimum absolute atomic E-state index is 1.00. The molecule has 4 aromatic heterocycles. The number of thiophene rings is 2. The minimum Gasteiger partial charge on any atom is -0.247 e. The second kappa shape index (κ2) is 9.17. The van der Waals surface area contributed by atoms with Crippen molar-refractivity contribution < 1.29 is 0 Å². The van der Waals surface area contributed by atoms with Crippen LogP contribution < -0.4 is 0 Å². The Bertz CT molecular complexity index is 2570. The van der Waals surface area contributed by atoms with Gasteiger partial charge in [0.1, 0.15) is 0 Å². The molecule has 0 radical (unpaired) electrons. The molecule has 2 nitrogen and oxygen atoms in total. The van der Waals surface area contributed by atoms with Crippen LogP contribution in [0.2, 0.25) is 0 Å². The molecule has 44 heavy (non-hydrogen) atoms. The van der Waals surface area contributed by atoms with Gasteiger partial charge in [-0.25, -0.2) is 9.97 Å². The summed E-state index contributed by atoms with van der Waals surface area (Å²) in [5.74, 6) is 0. The Labute approximate surface area is 260 Å². The van der Waals surface area contributed by atoms with Gasteiger partial charge in [-0.3, -0.25) is 0 Å². The fourth-order valence-corrected chi connectivity index (χ4v) is 9.31. The highest BCUT2D eigenvalue weighted by Gasteiger charge is 2.17. The molecular weight excluding hydrogens is 573 g/mol. The zero-order valence-corrected chi connectivity index (χ0v) is 25.0. The summed E-state index contributed by atoms with van der Waals surface area (Å²) in [4.78, 5) is 10.7. The van der Waals surface area contributed by atoms with Gasteiger partial charge in [-0.2, -0.15) is 0 Å². The highest BCUT2D eigenvalue weighted by Crippen LogP contribution is 2.43. The molecule has 0 amide bonds. The SMILES string of the molecule is c1ccc2c(c1)sc1c(-c3ccc4c5ccc(-c6cccc7c6sc6ccccc67)nc5c5ccccc5c4n3)cccc12. The van der Waals surface area contributed by atoms with Crippen molar-refractivity contribution in [3.63, 3.8) is 0 Å². The maximum Gasteiger partial charge on any atom is 0.0795 e. The molecule has 0 spiro atoms. The molecule has 0 fully saturated rings. The zero-order valence-electron chi connectivity index (χ0n) is 23.4. The number of fused-ring (bicyclic) bond motifs is 12. The zero-order chi connectivity index (χ0) is 28.8. The Hall–Kier alpha value is -5.16. The first kappa shape index (κ1) is 24.3. The number of aromatic nitrogens is 2. The van der Waals surface area contributed by atoms with Crippen LogP contribution in [0.4, 0.5) is 0 Å². The summed E-state index contributed by atoms with van der Waals surface area (Å²) >= 11 is 3.69. The van der Waals surface area contributed by atoms with Crippen LogP contribution in [0.3, 0.4) is 0 Å². The molecule has 6 aromatic carbocycles. The molecule has 0 aliphatic heterocycles. The average Bonchev–Trinajstić information content (AvgIpc) is 3.67. The van der Waals surface area contributed by atoms with Gasteiger partial charge in [0, 0.05) is 73.0 Å². The molecule has 10 aromatic rings. The van der Waals surface area contributed by atoms with E-state index in [0.717, 1.165) is 44.0 Å². The van der Waals surface area contributed by atoms with Gasteiger partial charge in [0.25, 0.3) is 0 Å². The van der Waals surface area contributed by atoms with Crippen molar-refractivity contribution in [2.75, 3.05) is 0 Å². The Kier molecular flexibility index (Phi) is 5.06. The summed E-state index contributed by atoms with van der Waals surface area (Å²) in [6.45, 7) is 0. The summed E-state index contributed by atoms with van der Waals surface area (Å²) < 4.78 is 5.18.